The maximum Gasteiger partial charge on any atom is 0.361 e. The second-order valence-corrected chi connectivity index (χ2v) is 5.28. The number of hydrogen-bond donors (Lipinski definition) is 2. The van der Waals surface area contributed by atoms with E-state index in [9.17, 15) is 9.59 Å². The standard InChI is InChI=1S/C17H14N4O5/c22-13(9-11-2-1-3-12(8-11)16(23)24)10-25-14-4-6-15(7-5-14)26-17-18-20-21-19-17/h1-8H,9-10H2,(H,23,24)(H,18,19,20,21). The molecule has 9 nitrogen and oxygen atoms in total. The largest absolute Gasteiger partial charge is 0.486 e. The van der Waals surface area contributed by atoms with Crippen LogP contribution in [0.3, 0.4) is 0 Å². The summed E-state index contributed by atoms with van der Waals surface area (Å²) in [4.78, 5) is 23.0. The van der Waals surface area contributed by atoms with E-state index < -0.39 is 5.97 Å². The van der Waals surface area contributed by atoms with Crippen molar-refractivity contribution >= 4 is 11.8 Å². The summed E-state index contributed by atoms with van der Waals surface area (Å²) < 4.78 is 10.8. The number of carboxylic acid groups (broad SMARTS) is 1. The summed E-state index contributed by atoms with van der Waals surface area (Å²) in [6.45, 7) is -0.123. The van der Waals surface area contributed by atoms with Crippen molar-refractivity contribution in [3.63, 3.8) is 0 Å². The van der Waals surface area contributed by atoms with Gasteiger partial charge in [0.2, 0.25) is 0 Å². The molecule has 0 atom stereocenters. The van der Waals surface area contributed by atoms with Crippen LogP contribution in [0, 0.1) is 0 Å². The highest BCUT2D eigenvalue weighted by Gasteiger charge is 2.09. The number of carbonyl (C=O) groups is 2. The van der Waals surface area contributed by atoms with Gasteiger partial charge in [-0.05, 0) is 47.2 Å². The summed E-state index contributed by atoms with van der Waals surface area (Å²) in [6, 6.07) is 12.9. The number of carbonyl (C=O) groups excluding carboxylic acids is 1. The highest BCUT2D eigenvalue weighted by Crippen LogP contribution is 2.20. The number of aromatic carboxylic acids is 1. The van der Waals surface area contributed by atoms with Crippen molar-refractivity contribution in [3.8, 4) is 17.5 Å². The van der Waals surface area contributed by atoms with Crippen molar-refractivity contribution in [1.82, 2.24) is 20.6 Å². The summed E-state index contributed by atoms with van der Waals surface area (Å²) >= 11 is 0. The Morgan fingerprint density at radius 3 is 2.54 bits per heavy atom. The van der Waals surface area contributed by atoms with E-state index in [0.29, 0.717) is 17.1 Å². The fourth-order valence-corrected chi connectivity index (χ4v) is 2.16. The molecule has 132 valence electrons. The van der Waals surface area contributed by atoms with Crippen molar-refractivity contribution < 1.29 is 24.2 Å². The molecule has 0 aliphatic carbocycles. The van der Waals surface area contributed by atoms with Gasteiger partial charge in [0.15, 0.2) is 5.78 Å². The molecule has 0 fully saturated rings. The number of hydrogen-bond acceptors (Lipinski definition) is 7. The SMILES string of the molecule is O=C(COc1ccc(Oc2nn[nH]n2)cc1)Cc1cccc(C(=O)O)c1. The van der Waals surface area contributed by atoms with Crippen molar-refractivity contribution in [2.75, 3.05) is 6.61 Å². The van der Waals surface area contributed by atoms with Gasteiger partial charge in [-0.25, -0.2) is 4.79 Å². The van der Waals surface area contributed by atoms with Gasteiger partial charge in [-0.15, -0.1) is 0 Å². The van der Waals surface area contributed by atoms with Gasteiger partial charge in [0.1, 0.15) is 18.1 Å². The summed E-state index contributed by atoms with van der Waals surface area (Å²) in [5.74, 6) is -0.202. The first-order chi connectivity index (χ1) is 12.6. The lowest BCUT2D eigenvalue weighted by Crippen LogP contribution is -2.14. The van der Waals surface area contributed by atoms with Crippen molar-refractivity contribution in [2.24, 2.45) is 0 Å². The number of benzene rings is 2. The number of carboxylic acids is 1. The molecule has 26 heavy (non-hydrogen) atoms. The quantitative estimate of drug-likeness (QED) is 0.628. The first kappa shape index (κ1) is 17.1. The molecule has 9 heteroatoms. The first-order valence-electron chi connectivity index (χ1n) is 7.58. The first-order valence-corrected chi connectivity index (χ1v) is 7.58. The van der Waals surface area contributed by atoms with E-state index in [1.807, 2.05) is 0 Å². The Morgan fingerprint density at radius 2 is 1.85 bits per heavy atom. The van der Waals surface area contributed by atoms with E-state index in [2.05, 4.69) is 20.6 Å². The van der Waals surface area contributed by atoms with Crippen LogP contribution in [0.5, 0.6) is 17.5 Å². The molecular formula is C17H14N4O5. The molecular weight excluding hydrogens is 340 g/mol. The Kier molecular flexibility index (Phi) is 5.18. The van der Waals surface area contributed by atoms with Gasteiger partial charge in [-0.2, -0.15) is 5.21 Å². The molecule has 0 bridgehead atoms. The minimum atomic E-state index is -1.03. The topological polar surface area (TPSA) is 127 Å². The predicted octanol–water partition coefficient (Wildman–Crippen LogP) is 1.88. The number of ketones is 1. The maximum absolute atomic E-state index is 12.0. The number of aromatic amines is 1. The minimum absolute atomic E-state index is 0.0948. The Bertz CT molecular complexity index is 894. The lowest BCUT2D eigenvalue weighted by atomic mass is 10.1. The summed E-state index contributed by atoms with van der Waals surface area (Å²) in [7, 11) is 0. The molecule has 0 unspecified atom stereocenters. The van der Waals surface area contributed by atoms with Gasteiger partial charge in [0.05, 0.1) is 5.56 Å². The number of tetrazole rings is 1. The molecule has 0 amide bonds. The predicted molar refractivity (Wildman–Crippen MR) is 88.3 cm³/mol. The molecule has 1 aromatic heterocycles. The van der Waals surface area contributed by atoms with Crippen LogP contribution in [-0.4, -0.2) is 44.1 Å². The third kappa shape index (κ3) is 4.63. The van der Waals surface area contributed by atoms with Gasteiger partial charge in [0.25, 0.3) is 0 Å². The zero-order valence-corrected chi connectivity index (χ0v) is 13.5. The second kappa shape index (κ2) is 7.88. The van der Waals surface area contributed by atoms with E-state index in [4.69, 9.17) is 14.6 Å². The average Bonchev–Trinajstić information content (AvgIpc) is 3.14. The summed E-state index contributed by atoms with van der Waals surface area (Å²) in [6.07, 6.45) is 0.0974. The monoisotopic (exact) mass is 354 g/mol. The molecule has 3 rings (SSSR count). The Hall–Kier alpha value is -3.75. The Labute approximate surface area is 147 Å². The van der Waals surface area contributed by atoms with Crippen LogP contribution in [-0.2, 0) is 11.2 Å². The van der Waals surface area contributed by atoms with Crippen molar-refractivity contribution in [1.29, 1.82) is 0 Å². The van der Waals surface area contributed by atoms with E-state index in [0.717, 1.165) is 0 Å². The zero-order chi connectivity index (χ0) is 18.4. The number of nitrogens with one attached hydrogen (secondary N) is 1. The van der Waals surface area contributed by atoms with Crippen LogP contribution < -0.4 is 9.47 Å². The highest BCUT2D eigenvalue weighted by molar-refractivity contribution is 5.88. The van der Waals surface area contributed by atoms with E-state index in [1.165, 1.54) is 12.1 Å². The molecule has 2 N–H and O–H groups in total. The fraction of sp³-hybridized carbons (Fsp3) is 0.118. The summed E-state index contributed by atoms with van der Waals surface area (Å²) in [5, 5.41) is 22.0. The number of aromatic nitrogens is 4. The smallest absolute Gasteiger partial charge is 0.361 e. The van der Waals surface area contributed by atoms with Gasteiger partial charge in [-0.3, -0.25) is 4.79 Å². The van der Waals surface area contributed by atoms with E-state index in [1.54, 1.807) is 36.4 Å². The maximum atomic E-state index is 12.0. The van der Waals surface area contributed by atoms with Crippen LogP contribution in [0.15, 0.2) is 48.5 Å². The van der Waals surface area contributed by atoms with Crippen LogP contribution in [0.2, 0.25) is 0 Å². The molecule has 0 aliphatic heterocycles. The average molecular weight is 354 g/mol. The molecule has 0 spiro atoms. The lowest BCUT2D eigenvalue weighted by Gasteiger charge is -2.07. The van der Waals surface area contributed by atoms with Crippen molar-refractivity contribution in [2.45, 2.75) is 6.42 Å². The number of ether oxygens (including phenoxy) is 2. The van der Waals surface area contributed by atoms with Crippen LogP contribution in [0.25, 0.3) is 0 Å². The molecule has 0 saturated heterocycles. The molecule has 3 aromatic rings. The number of nitrogens with zero attached hydrogens (tertiary/aromatic N) is 3. The number of Topliss-reactive ketones (excluding diaryl/α,β-unsaturated/α-hetero) is 1. The van der Waals surface area contributed by atoms with Crippen molar-refractivity contribution in [3.05, 3.63) is 59.7 Å². The molecule has 0 saturated carbocycles. The lowest BCUT2D eigenvalue weighted by molar-refractivity contribution is -0.120. The van der Waals surface area contributed by atoms with E-state index in [-0.39, 0.29) is 30.4 Å². The van der Waals surface area contributed by atoms with Gasteiger partial charge in [-0.1, -0.05) is 22.3 Å². The third-order valence-corrected chi connectivity index (χ3v) is 3.33. The number of rotatable bonds is 8. The van der Waals surface area contributed by atoms with Gasteiger partial charge >= 0.3 is 12.0 Å². The Morgan fingerprint density at radius 1 is 1.08 bits per heavy atom. The third-order valence-electron chi connectivity index (χ3n) is 3.33. The second-order valence-electron chi connectivity index (χ2n) is 5.28. The minimum Gasteiger partial charge on any atom is -0.486 e. The van der Waals surface area contributed by atoms with Crippen LogP contribution in [0.4, 0.5) is 0 Å². The van der Waals surface area contributed by atoms with Crippen LogP contribution >= 0.6 is 0 Å². The highest BCUT2D eigenvalue weighted by atomic mass is 16.5. The molecule has 0 aliphatic rings. The molecule has 1 heterocycles. The fourth-order valence-electron chi connectivity index (χ4n) is 2.16. The Balaban J connectivity index is 1.51. The van der Waals surface area contributed by atoms with Crippen LogP contribution in [0.1, 0.15) is 15.9 Å². The number of H-pyrrole nitrogens is 1. The summed E-state index contributed by atoms with van der Waals surface area (Å²) in [5.41, 5.74) is 0.774. The molecule has 0 radical (unpaired) electrons. The van der Waals surface area contributed by atoms with Gasteiger partial charge in [0, 0.05) is 6.42 Å². The molecule has 2 aromatic carbocycles. The normalized spacial score (nSPS) is 10.3. The zero-order valence-electron chi connectivity index (χ0n) is 13.5. The van der Waals surface area contributed by atoms with E-state index >= 15 is 0 Å². The van der Waals surface area contributed by atoms with Gasteiger partial charge < -0.3 is 14.6 Å².